The van der Waals surface area contributed by atoms with E-state index in [0.29, 0.717) is 24.3 Å². The van der Waals surface area contributed by atoms with E-state index < -0.39 is 10.0 Å². The zero-order valence-electron chi connectivity index (χ0n) is 12.8. The lowest BCUT2D eigenvalue weighted by atomic mass is 10.1. The number of benzene rings is 1. The third-order valence-corrected chi connectivity index (χ3v) is 3.89. The number of ether oxygens (including phenoxy) is 1. The SMILES string of the molecule is Cc1cc(S(N)(=O)=O)ccc1C(=O)N(C)CCOC(C)C. The summed E-state index contributed by atoms with van der Waals surface area (Å²) in [7, 11) is -2.08. The highest BCUT2D eigenvalue weighted by atomic mass is 32.2. The first kappa shape index (κ1) is 17.6. The molecule has 1 aromatic rings. The minimum Gasteiger partial charge on any atom is -0.377 e. The van der Waals surface area contributed by atoms with Crippen LogP contribution in [0.2, 0.25) is 0 Å². The number of rotatable bonds is 6. The maximum Gasteiger partial charge on any atom is 0.253 e. The normalized spacial score (nSPS) is 11.7. The van der Waals surface area contributed by atoms with Gasteiger partial charge in [0, 0.05) is 19.2 Å². The van der Waals surface area contributed by atoms with Crippen molar-refractivity contribution < 1.29 is 17.9 Å². The molecule has 0 saturated heterocycles. The van der Waals surface area contributed by atoms with Crippen molar-refractivity contribution in [3.63, 3.8) is 0 Å². The fraction of sp³-hybridized carbons (Fsp3) is 0.500. The molecule has 0 aliphatic rings. The summed E-state index contributed by atoms with van der Waals surface area (Å²) in [5.41, 5.74) is 1.03. The predicted octanol–water partition coefficient (Wildman–Crippen LogP) is 1.14. The van der Waals surface area contributed by atoms with Gasteiger partial charge in [-0.3, -0.25) is 4.79 Å². The van der Waals surface area contributed by atoms with Gasteiger partial charge in [-0.2, -0.15) is 0 Å². The average Bonchev–Trinajstić information content (AvgIpc) is 2.36. The van der Waals surface area contributed by atoms with Crippen molar-refractivity contribution in [2.24, 2.45) is 5.14 Å². The van der Waals surface area contributed by atoms with Crippen molar-refractivity contribution in [2.75, 3.05) is 20.2 Å². The second kappa shape index (κ2) is 7.02. The summed E-state index contributed by atoms with van der Waals surface area (Å²) in [6, 6.07) is 4.23. The first-order chi connectivity index (χ1) is 9.62. The van der Waals surface area contributed by atoms with Crippen LogP contribution in [0.5, 0.6) is 0 Å². The van der Waals surface area contributed by atoms with Crippen molar-refractivity contribution in [1.29, 1.82) is 0 Å². The molecule has 0 saturated carbocycles. The van der Waals surface area contributed by atoms with Crippen LogP contribution in [0.15, 0.2) is 23.1 Å². The van der Waals surface area contributed by atoms with Crippen LogP contribution >= 0.6 is 0 Å². The van der Waals surface area contributed by atoms with E-state index in [1.807, 2.05) is 13.8 Å². The summed E-state index contributed by atoms with van der Waals surface area (Å²) in [4.78, 5) is 13.8. The molecular weight excluding hydrogens is 292 g/mol. The van der Waals surface area contributed by atoms with Crippen LogP contribution < -0.4 is 5.14 Å². The lowest BCUT2D eigenvalue weighted by Gasteiger charge is -2.19. The van der Waals surface area contributed by atoms with Crippen LogP contribution in [0.3, 0.4) is 0 Å². The molecule has 0 atom stereocenters. The van der Waals surface area contributed by atoms with Gasteiger partial charge in [0.25, 0.3) is 5.91 Å². The summed E-state index contributed by atoms with van der Waals surface area (Å²) in [5, 5.41) is 5.07. The second-order valence-corrected chi connectivity index (χ2v) is 6.73. The number of sulfonamides is 1. The maximum absolute atomic E-state index is 12.3. The van der Waals surface area contributed by atoms with E-state index in [9.17, 15) is 13.2 Å². The molecule has 7 heteroatoms. The van der Waals surface area contributed by atoms with Crippen LogP contribution in [0.1, 0.15) is 29.8 Å². The zero-order chi connectivity index (χ0) is 16.2. The standard InChI is InChI=1S/C14H22N2O4S/c1-10(2)20-8-7-16(4)14(17)13-6-5-12(9-11(13)3)21(15,18)19/h5-6,9-10H,7-8H2,1-4H3,(H2,15,18,19). The van der Waals surface area contributed by atoms with Crippen molar-refractivity contribution in [3.8, 4) is 0 Å². The first-order valence-corrected chi connectivity index (χ1v) is 8.18. The van der Waals surface area contributed by atoms with Gasteiger partial charge >= 0.3 is 0 Å². The Bertz CT molecular complexity index is 611. The zero-order valence-corrected chi connectivity index (χ0v) is 13.6. The lowest BCUT2D eigenvalue weighted by Crippen LogP contribution is -2.31. The largest absolute Gasteiger partial charge is 0.377 e. The molecule has 0 spiro atoms. The molecule has 0 radical (unpaired) electrons. The number of aryl methyl sites for hydroxylation is 1. The second-order valence-electron chi connectivity index (χ2n) is 5.17. The van der Waals surface area contributed by atoms with Crippen LogP contribution in [-0.4, -0.2) is 45.5 Å². The Kier molecular flexibility index (Phi) is 5.88. The van der Waals surface area contributed by atoms with Gasteiger partial charge in [-0.1, -0.05) is 0 Å². The van der Waals surface area contributed by atoms with Gasteiger partial charge in [-0.15, -0.1) is 0 Å². The molecule has 6 nitrogen and oxygen atoms in total. The van der Waals surface area contributed by atoms with Gasteiger partial charge < -0.3 is 9.64 Å². The molecule has 21 heavy (non-hydrogen) atoms. The van der Waals surface area contributed by atoms with E-state index in [1.54, 1.807) is 18.9 Å². The molecule has 0 heterocycles. The van der Waals surface area contributed by atoms with Gasteiger partial charge in [-0.25, -0.2) is 13.6 Å². The average molecular weight is 314 g/mol. The maximum atomic E-state index is 12.3. The number of likely N-dealkylation sites (N-methyl/N-ethyl adjacent to an activating group) is 1. The predicted molar refractivity (Wildman–Crippen MR) is 80.6 cm³/mol. The van der Waals surface area contributed by atoms with Crippen molar-refractivity contribution in [1.82, 2.24) is 4.90 Å². The fourth-order valence-corrected chi connectivity index (χ4v) is 2.38. The first-order valence-electron chi connectivity index (χ1n) is 6.63. The number of amides is 1. The topological polar surface area (TPSA) is 89.7 Å². The van der Waals surface area contributed by atoms with Gasteiger partial charge in [0.2, 0.25) is 10.0 Å². The molecule has 2 N–H and O–H groups in total. The summed E-state index contributed by atoms with van der Waals surface area (Å²) < 4.78 is 27.9. The quantitative estimate of drug-likeness (QED) is 0.852. The summed E-state index contributed by atoms with van der Waals surface area (Å²) in [5.74, 6) is -0.180. The molecule has 1 rings (SSSR count). The fourth-order valence-electron chi connectivity index (χ4n) is 1.79. The molecule has 1 amide bonds. The van der Waals surface area contributed by atoms with Crippen molar-refractivity contribution in [2.45, 2.75) is 31.8 Å². The van der Waals surface area contributed by atoms with Gasteiger partial charge in [0.15, 0.2) is 0 Å². The molecule has 0 aliphatic carbocycles. The highest BCUT2D eigenvalue weighted by molar-refractivity contribution is 7.89. The Hall–Kier alpha value is -1.44. The Balaban J connectivity index is 2.83. The summed E-state index contributed by atoms with van der Waals surface area (Å²) in [6.07, 6.45) is 0.115. The van der Waals surface area contributed by atoms with E-state index in [1.165, 1.54) is 18.2 Å². The van der Waals surface area contributed by atoms with Gasteiger partial charge in [0.05, 0.1) is 17.6 Å². The minimum atomic E-state index is -3.76. The van der Waals surface area contributed by atoms with E-state index in [-0.39, 0.29) is 16.9 Å². The summed E-state index contributed by atoms with van der Waals surface area (Å²) in [6.45, 7) is 6.46. The molecule has 0 bridgehead atoms. The summed E-state index contributed by atoms with van der Waals surface area (Å²) >= 11 is 0. The third-order valence-electron chi connectivity index (χ3n) is 2.98. The highest BCUT2D eigenvalue weighted by Crippen LogP contribution is 2.15. The Morgan fingerprint density at radius 2 is 2.00 bits per heavy atom. The molecule has 0 aliphatic heterocycles. The van der Waals surface area contributed by atoms with E-state index in [4.69, 9.17) is 9.88 Å². The lowest BCUT2D eigenvalue weighted by molar-refractivity contribution is 0.0531. The Labute approximate surface area is 125 Å². The Morgan fingerprint density at radius 3 is 2.48 bits per heavy atom. The number of nitrogens with two attached hydrogens (primary N) is 1. The number of hydrogen-bond donors (Lipinski definition) is 1. The molecule has 0 fully saturated rings. The number of carbonyl (C=O) groups excluding carboxylic acids is 1. The van der Waals surface area contributed by atoms with Crippen LogP contribution in [-0.2, 0) is 14.8 Å². The van der Waals surface area contributed by atoms with E-state index in [0.717, 1.165) is 0 Å². The van der Waals surface area contributed by atoms with Crippen molar-refractivity contribution in [3.05, 3.63) is 29.3 Å². The number of primary sulfonamides is 1. The van der Waals surface area contributed by atoms with Crippen LogP contribution in [0.25, 0.3) is 0 Å². The molecule has 118 valence electrons. The third kappa shape index (κ3) is 5.11. The number of nitrogens with zero attached hydrogens (tertiary/aromatic N) is 1. The van der Waals surface area contributed by atoms with Crippen LogP contribution in [0.4, 0.5) is 0 Å². The van der Waals surface area contributed by atoms with Gasteiger partial charge in [0.1, 0.15) is 0 Å². The van der Waals surface area contributed by atoms with Crippen molar-refractivity contribution >= 4 is 15.9 Å². The monoisotopic (exact) mass is 314 g/mol. The van der Waals surface area contributed by atoms with Gasteiger partial charge in [-0.05, 0) is 44.5 Å². The number of hydrogen-bond acceptors (Lipinski definition) is 4. The highest BCUT2D eigenvalue weighted by Gasteiger charge is 2.16. The Morgan fingerprint density at radius 1 is 1.38 bits per heavy atom. The molecule has 0 unspecified atom stereocenters. The smallest absolute Gasteiger partial charge is 0.253 e. The molecule has 1 aromatic carbocycles. The van der Waals surface area contributed by atoms with E-state index >= 15 is 0 Å². The van der Waals surface area contributed by atoms with Crippen LogP contribution in [0, 0.1) is 6.92 Å². The van der Waals surface area contributed by atoms with E-state index in [2.05, 4.69) is 0 Å². The minimum absolute atomic E-state index is 0.00217. The number of carbonyl (C=O) groups is 1. The molecular formula is C14H22N2O4S. The molecule has 0 aromatic heterocycles.